The molecule has 1 aromatic rings. The van der Waals surface area contributed by atoms with Gasteiger partial charge in [0.05, 0.1) is 21.9 Å². The molecule has 0 saturated carbocycles. The lowest BCUT2D eigenvalue weighted by atomic mass is 10.0. The third-order valence-electron chi connectivity index (χ3n) is 2.19. The van der Waals surface area contributed by atoms with Crippen molar-refractivity contribution in [2.24, 2.45) is 0 Å². The van der Waals surface area contributed by atoms with Crippen molar-refractivity contribution in [1.29, 1.82) is 0 Å². The Bertz CT molecular complexity index is 475. The molecule has 0 heterocycles. The molecule has 17 heavy (non-hydrogen) atoms. The van der Waals surface area contributed by atoms with E-state index in [1.54, 1.807) is 0 Å². The monoisotopic (exact) mass is 239 g/mol. The number of carboxylic acids is 1. The van der Waals surface area contributed by atoms with Crippen LogP contribution in [0.25, 0.3) is 0 Å². The SMILES string of the molecule is CCc1c(C(=O)[O-])cc([N+](=O)[O-])cc1[N+](=O)[O-]. The summed E-state index contributed by atoms with van der Waals surface area (Å²) in [6.07, 6.45) is 0.0671. The molecule has 90 valence electrons. The minimum absolute atomic E-state index is 0.0671. The van der Waals surface area contributed by atoms with Crippen molar-refractivity contribution in [2.75, 3.05) is 0 Å². The summed E-state index contributed by atoms with van der Waals surface area (Å²) in [7, 11) is 0. The Balaban J connectivity index is 3.63. The van der Waals surface area contributed by atoms with Gasteiger partial charge in [-0.05, 0) is 6.42 Å². The predicted molar refractivity (Wildman–Crippen MR) is 53.5 cm³/mol. The molecule has 0 amide bonds. The summed E-state index contributed by atoms with van der Waals surface area (Å²) in [6, 6.07) is 1.51. The van der Waals surface area contributed by atoms with E-state index in [4.69, 9.17) is 0 Å². The fourth-order valence-corrected chi connectivity index (χ4v) is 1.46. The average molecular weight is 239 g/mol. The summed E-state index contributed by atoms with van der Waals surface area (Å²) in [5, 5.41) is 32.0. The Kier molecular flexibility index (Phi) is 3.37. The zero-order chi connectivity index (χ0) is 13.2. The first-order valence-corrected chi connectivity index (χ1v) is 4.55. The average Bonchev–Trinajstić information content (AvgIpc) is 2.26. The highest BCUT2D eigenvalue weighted by molar-refractivity contribution is 5.90. The number of non-ortho nitro benzene ring substituents is 1. The lowest BCUT2D eigenvalue weighted by molar-refractivity contribution is -0.394. The van der Waals surface area contributed by atoms with Crippen LogP contribution in [0.15, 0.2) is 12.1 Å². The Labute approximate surface area is 94.8 Å². The normalized spacial score (nSPS) is 9.94. The van der Waals surface area contributed by atoms with E-state index in [1.165, 1.54) is 6.92 Å². The van der Waals surface area contributed by atoms with Crippen LogP contribution >= 0.6 is 0 Å². The number of nitro benzene ring substituents is 2. The van der Waals surface area contributed by atoms with Gasteiger partial charge in [-0.15, -0.1) is 0 Å². The Morgan fingerprint density at radius 2 is 1.82 bits per heavy atom. The standard InChI is InChI=1S/C9H8N2O6/c1-2-6-7(9(12)13)3-5(10(14)15)4-8(6)11(16)17/h3-4H,2H2,1H3,(H,12,13)/p-1. The van der Waals surface area contributed by atoms with Crippen molar-refractivity contribution in [2.45, 2.75) is 13.3 Å². The smallest absolute Gasteiger partial charge is 0.280 e. The largest absolute Gasteiger partial charge is 0.545 e. The molecule has 0 fully saturated rings. The van der Waals surface area contributed by atoms with Gasteiger partial charge in [0.25, 0.3) is 11.4 Å². The van der Waals surface area contributed by atoms with Gasteiger partial charge in [-0.2, -0.15) is 0 Å². The Hall–Kier alpha value is -2.51. The highest BCUT2D eigenvalue weighted by Crippen LogP contribution is 2.28. The van der Waals surface area contributed by atoms with Crippen molar-refractivity contribution in [1.82, 2.24) is 0 Å². The summed E-state index contributed by atoms with van der Waals surface area (Å²) in [5.41, 5.74) is -1.83. The second-order valence-corrected chi connectivity index (χ2v) is 3.15. The first kappa shape index (κ1) is 12.6. The van der Waals surface area contributed by atoms with E-state index in [0.29, 0.717) is 0 Å². The summed E-state index contributed by atoms with van der Waals surface area (Å²) < 4.78 is 0. The van der Waals surface area contributed by atoms with Crippen LogP contribution in [0.5, 0.6) is 0 Å². The van der Waals surface area contributed by atoms with E-state index in [9.17, 15) is 30.1 Å². The first-order chi connectivity index (χ1) is 7.88. The predicted octanol–water partition coefficient (Wildman–Crippen LogP) is 0.429. The number of nitro groups is 2. The number of carboxylic acid groups (broad SMARTS) is 1. The molecular weight excluding hydrogens is 232 g/mol. The molecule has 0 saturated heterocycles. The molecule has 0 aliphatic rings. The van der Waals surface area contributed by atoms with E-state index in [2.05, 4.69) is 0 Å². The van der Waals surface area contributed by atoms with Crippen LogP contribution in [0, 0.1) is 20.2 Å². The molecule has 0 radical (unpaired) electrons. The van der Waals surface area contributed by atoms with E-state index in [-0.39, 0.29) is 12.0 Å². The lowest BCUT2D eigenvalue weighted by Gasteiger charge is -2.08. The van der Waals surface area contributed by atoms with Crippen molar-refractivity contribution < 1.29 is 19.7 Å². The summed E-state index contributed by atoms with van der Waals surface area (Å²) in [4.78, 5) is 30.3. The van der Waals surface area contributed by atoms with Gasteiger partial charge in [0.15, 0.2) is 0 Å². The van der Waals surface area contributed by atoms with Gasteiger partial charge in [-0.3, -0.25) is 20.2 Å². The van der Waals surface area contributed by atoms with Crippen molar-refractivity contribution in [3.05, 3.63) is 43.5 Å². The molecule has 8 heteroatoms. The molecule has 8 nitrogen and oxygen atoms in total. The second-order valence-electron chi connectivity index (χ2n) is 3.15. The maximum atomic E-state index is 10.8. The summed E-state index contributed by atoms with van der Waals surface area (Å²) in [5.74, 6) is -1.67. The topological polar surface area (TPSA) is 126 Å². The molecule has 1 aromatic carbocycles. The van der Waals surface area contributed by atoms with E-state index >= 15 is 0 Å². The molecule has 0 bridgehead atoms. The molecule has 1 rings (SSSR count). The van der Waals surface area contributed by atoms with Gasteiger partial charge < -0.3 is 9.90 Å². The third kappa shape index (κ3) is 2.36. The fraction of sp³-hybridized carbons (Fsp3) is 0.222. The summed E-state index contributed by atoms with van der Waals surface area (Å²) >= 11 is 0. The van der Waals surface area contributed by atoms with Gasteiger partial charge in [-0.1, -0.05) is 6.92 Å². The van der Waals surface area contributed by atoms with Crippen LogP contribution in [0.2, 0.25) is 0 Å². The lowest BCUT2D eigenvalue weighted by Crippen LogP contribution is -2.24. The molecule has 0 aromatic heterocycles. The first-order valence-electron chi connectivity index (χ1n) is 4.55. The number of hydrogen-bond acceptors (Lipinski definition) is 6. The van der Waals surface area contributed by atoms with Gasteiger partial charge in [0.1, 0.15) is 0 Å². The van der Waals surface area contributed by atoms with Crippen LogP contribution in [-0.4, -0.2) is 15.8 Å². The molecule has 0 aliphatic heterocycles. The fourth-order valence-electron chi connectivity index (χ4n) is 1.46. The van der Waals surface area contributed by atoms with Gasteiger partial charge >= 0.3 is 0 Å². The van der Waals surface area contributed by atoms with Crippen LogP contribution in [0.4, 0.5) is 11.4 Å². The highest BCUT2D eigenvalue weighted by atomic mass is 16.6. The zero-order valence-electron chi connectivity index (χ0n) is 8.71. The maximum absolute atomic E-state index is 10.8. The third-order valence-corrected chi connectivity index (χ3v) is 2.19. The number of carbonyl (C=O) groups excluding carboxylic acids is 1. The molecule has 0 spiro atoms. The van der Waals surface area contributed by atoms with Crippen molar-refractivity contribution in [3.8, 4) is 0 Å². The number of carbonyl (C=O) groups is 1. The minimum atomic E-state index is -1.67. The van der Waals surface area contributed by atoms with Gasteiger partial charge in [0.2, 0.25) is 0 Å². The van der Waals surface area contributed by atoms with Gasteiger partial charge in [-0.25, -0.2) is 0 Å². The highest BCUT2D eigenvalue weighted by Gasteiger charge is 2.23. The van der Waals surface area contributed by atoms with Crippen LogP contribution in [0.1, 0.15) is 22.8 Å². The summed E-state index contributed by atoms with van der Waals surface area (Å²) in [6.45, 7) is 1.51. The number of aromatic carboxylic acids is 1. The van der Waals surface area contributed by atoms with Crippen LogP contribution in [-0.2, 0) is 6.42 Å². The molecule has 0 N–H and O–H groups in total. The van der Waals surface area contributed by atoms with E-state index in [1.807, 2.05) is 0 Å². The quantitative estimate of drug-likeness (QED) is 0.553. The number of nitrogens with zero attached hydrogens (tertiary/aromatic N) is 2. The molecule has 0 atom stereocenters. The minimum Gasteiger partial charge on any atom is -0.545 e. The molecular formula is C9H7N2O6-. The zero-order valence-corrected chi connectivity index (χ0v) is 8.71. The number of benzene rings is 1. The Morgan fingerprint density at radius 3 is 2.18 bits per heavy atom. The number of rotatable bonds is 4. The van der Waals surface area contributed by atoms with Crippen LogP contribution in [0.3, 0.4) is 0 Å². The van der Waals surface area contributed by atoms with Crippen molar-refractivity contribution >= 4 is 17.3 Å². The van der Waals surface area contributed by atoms with Crippen LogP contribution < -0.4 is 5.11 Å². The second kappa shape index (κ2) is 4.56. The molecule has 0 aliphatic carbocycles. The van der Waals surface area contributed by atoms with E-state index in [0.717, 1.165) is 12.1 Å². The number of hydrogen-bond donors (Lipinski definition) is 0. The molecule has 0 unspecified atom stereocenters. The van der Waals surface area contributed by atoms with Crippen molar-refractivity contribution in [3.63, 3.8) is 0 Å². The Morgan fingerprint density at radius 1 is 1.24 bits per heavy atom. The van der Waals surface area contributed by atoms with E-state index < -0.39 is 32.8 Å². The van der Waals surface area contributed by atoms with Gasteiger partial charge in [0, 0.05) is 17.2 Å². The maximum Gasteiger partial charge on any atom is 0.280 e.